The van der Waals surface area contributed by atoms with E-state index in [1.165, 1.54) is 0 Å². The van der Waals surface area contributed by atoms with Crippen LogP contribution < -0.4 is 9.64 Å². The Balaban J connectivity index is 1.30. The van der Waals surface area contributed by atoms with Crippen molar-refractivity contribution in [1.82, 2.24) is 9.88 Å². The van der Waals surface area contributed by atoms with Crippen molar-refractivity contribution in [1.29, 1.82) is 0 Å². The molecule has 0 atom stereocenters. The van der Waals surface area contributed by atoms with Crippen LogP contribution in [-0.2, 0) is 9.53 Å². The number of aldehydes is 1. The second-order valence-electron chi connectivity index (χ2n) is 7.64. The van der Waals surface area contributed by atoms with Gasteiger partial charge in [-0.15, -0.1) is 0 Å². The van der Waals surface area contributed by atoms with Crippen LogP contribution >= 0.6 is 0 Å². The van der Waals surface area contributed by atoms with Crippen molar-refractivity contribution in [2.45, 2.75) is 25.4 Å². The van der Waals surface area contributed by atoms with E-state index < -0.39 is 0 Å². The molecule has 3 heterocycles. The summed E-state index contributed by atoms with van der Waals surface area (Å²) in [6.45, 7) is 6.19. The van der Waals surface area contributed by atoms with Gasteiger partial charge < -0.3 is 24.1 Å². The van der Waals surface area contributed by atoms with Crippen molar-refractivity contribution in [2.24, 2.45) is 0 Å². The molecule has 154 valence electrons. The monoisotopic (exact) mass is 395 g/mol. The summed E-state index contributed by atoms with van der Waals surface area (Å²) in [5.74, 6) is 1.93. The third kappa shape index (κ3) is 5.34. The lowest BCUT2D eigenvalue weighted by Crippen LogP contribution is -2.38. The number of hydrogen-bond donors (Lipinski definition) is 0. The lowest BCUT2D eigenvalue weighted by molar-refractivity contribution is -0.108. The molecule has 2 aromatic rings. The number of nitrogens with zero attached hydrogens (tertiary/aromatic N) is 3. The van der Waals surface area contributed by atoms with E-state index in [4.69, 9.17) is 9.47 Å². The van der Waals surface area contributed by atoms with Gasteiger partial charge >= 0.3 is 0 Å². The van der Waals surface area contributed by atoms with Crippen LogP contribution in [0.3, 0.4) is 0 Å². The average Bonchev–Trinajstić information content (AvgIpc) is 2.80. The fourth-order valence-corrected chi connectivity index (χ4v) is 3.94. The first-order chi connectivity index (χ1) is 14.3. The molecule has 1 aromatic carbocycles. The van der Waals surface area contributed by atoms with Crippen molar-refractivity contribution in [3.8, 4) is 16.9 Å². The van der Waals surface area contributed by atoms with E-state index in [9.17, 15) is 4.79 Å². The lowest BCUT2D eigenvalue weighted by atomic mass is 10.1. The van der Waals surface area contributed by atoms with Gasteiger partial charge in [0.15, 0.2) is 0 Å². The summed E-state index contributed by atoms with van der Waals surface area (Å²) >= 11 is 0. The SMILES string of the molecule is O=CCCN1CCC(Oc2ccc(-c3ccc(N4CCOCC4)nc3)cc2)CC1. The molecule has 0 radical (unpaired) electrons. The normalized spacial score (nSPS) is 18.6. The molecule has 4 rings (SSSR count). The Labute approximate surface area is 172 Å². The summed E-state index contributed by atoms with van der Waals surface area (Å²) in [5, 5.41) is 0. The topological polar surface area (TPSA) is 54.9 Å². The zero-order valence-electron chi connectivity index (χ0n) is 16.8. The van der Waals surface area contributed by atoms with Gasteiger partial charge in [-0.25, -0.2) is 4.98 Å². The van der Waals surface area contributed by atoms with Crippen LogP contribution in [0, 0.1) is 0 Å². The second-order valence-corrected chi connectivity index (χ2v) is 7.64. The van der Waals surface area contributed by atoms with E-state index in [1.54, 1.807) is 0 Å². The number of anilines is 1. The number of aromatic nitrogens is 1. The number of rotatable bonds is 7. The van der Waals surface area contributed by atoms with E-state index in [-0.39, 0.29) is 6.10 Å². The molecule has 0 N–H and O–H groups in total. The minimum atomic E-state index is 0.253. The molecule has 0 saturated carbocycles. The van der Waals surface area contributed by atoms with Gasteiger partial charge in [0.05, 0.1) is 13.2 Å². The molecule has 2 aliphatic rings. The van der Waals surface area contributed by atoms with Crippen LogP contribution in [0.5, 0.6) is 5.75 Å². The summed E-state index contributed by atoms with van der Waals surface area (Å²) in [5.41, 5.74) is 2.25. The van der Waals surface area contributed by atoms with Gasteiger partial charge in [-0.2, -0.15) is 0 Å². The first kappa shape index (κ1) is 19.9. The zero-order valence-corrected chi connectivity index (χ0v) is 16.8. The average molecular weight is 396 g/mol. The summed E-state index contributed by atoms with van der Waals surface area (Å²) in [7, 11) is 0. The van der Waals surface area contributed by atoms with Crippen LogP contribution in [0.1, 0.15) is 19.3 Å². The van der Waals surface area contributed by atoms with E-state index in [0.717, 1.165) is 87.8 Å². The maximum Gasteiger partial charge on any atom is 0.128 e. The number of benzene rings is 1. The van der Waals surface area contributed by atoms with Crippen molar-refractivity contribution in [3.05, 3.63) is 42.6 Å². The minimum absolute atomic E-state index is 0.253. The molecule has 2 saturated heterocycles. The van der Waals surface area contributed by atoms with Gasteiger partial charge in [-0.1, -0.05) is 12.1 Å². The number of carbonyl (C=O) groups excluding carboxylic acids is 1. The number of ether oxygens (including phenoxy) is 2. The highest BCUT2D eigenvalue weighted by Crippen LogP contribution is 2.25. The van der Waals surface area contributed by atoms with Crippen molar-refractivity contribution in [2.75, 3.05) is 50.8 Å². The smallest absolute Gasteiger partial charge is 0.128 e. The predicted molar refractivity (Wildman–Crippen MR) is 113 cm³/mol. The quantitative estimate of drug-likeness (QED) is 0.672. The summed E-state index contributed by atoms with van der Waals surface area (Å²) in [6, 6.07) is 12.5. The Hall–Kier alpha value is -2.44. The van der Waals surface area contributed by atoms with Crippen LogP contribution in [0.25, 0.3) is 11.1 Å². The van der Waals surface area contributed by atoms with Gasteiger partial charge in [0.25, 0.3) is 0 Å². The van der Waals surface area contributed by atoms with E-state index in [1.807, 2.05) is 18.3 Å². The molecule has 2 aliphatic heterocycles. The molecular formula is C23H29N3O3. The molecule has 0 bridgehead atoms. The standard InChI is InChI=1S/C23H29N3O3/c27-15-1-10-25-11-8-22(9-12-25)29-21-5-2-19(3-6-21)20-4-7-23(24-18-20)26-13-16-28-17-14-26/h2-7,15,18,22H,1,8-14,16-17H2. The Morgan fingerprint density at radius 1 is 1.00 bits per heavy atom. The van der Waals surface area contributed by atoms with Crippen molar-refractivity contribution in [3.63, 3.8) is 0 Å². The number of likely N-dealkylation sites (tertiary alicyclic amines) is 1. The Morgan fingerprint density at radius 2 is 1.72 bits per heavy atom. The summed E-state index contributed by atoms with van der Waals surface area (Å²) < 4.78 is 11.6. The van der Waals surface area contributed by atoms with E-state index in [0.29, 0.717) is 6.42 Å². The Kier molecular flexibility index (Phi) is 6.75. The molecule has 1 aromatic heterocycles. The first-order valence-corrected chi connectivity index (χ1v) is 10.5. The largest absolute Gasteiger partial charge is 0.490 e. The molecule has 6 heteroatoms. The summed E-state index contributed by atoms with van der Waals surface area (Å²) in [4.78, 5) is 19.7. The highest BCUT2D eigenvalue weighted by Gasteiger charge is 2.20. The van der Waals surface area contributed by atoms with Gasteiger partial charge in [0.2, 0.25) is 0 Å². The van der Waals surface area contributed by atoms with Gasteiger partial charge in [0.1, 0.15) is 24.0 Å². The molecule has 29 heavy (non-hydrogen) atoms. The highest BCUT2D eigenvalue weighted by molar-refractivity contribution is 5.64. The molecule has 0 spiro atoms. The number of pyridine rings is 1. The minimum Gasteiger partial charge on any atom is -0.490 e. The number of hydrogen-bond acceptors (Lipinski definition) is 6. The number of carbonyl (C=O) groups is 1. The fraction of sp³-hybridized carbons (Fsp3) is 0.478. The Bertz CT molecular complexity index is 765. The first-order valence-electron chi connectivity index (χ1n) is 10.5. The predicted octanol–water partition coefficient (Wildman–Crippen LogP) is 3.02. The fourth-order valence-electron chi connectivity index (χ4n) is 3.94. The van der Waals surface area contributed by atoms with Gasteiger partial charge in [0, 0.05) is 50.9 Å². The van der Waals surface area contributed by atoms with Gasteiger partial charge in [-0.05, 0) is 42.7 Å². The third-order valence-electron chi connectivity index (χ3n) is 5.67. The van der Waals surface area contributed by atoms with Crippen LogP contribution in [0.15, 0.2) is 42.6 Å². The second kappa shape index (κ2) is 9.85. The molecule has 0 aliphatic carbocycles. The van der Waals surface area contributed by atoms with Crippen LogP contribution in [-0.4, -0.2) is 68.2 Å². The number of piperidine rings is 1. The van der Waals surface area contributed by atoms with E-state index >= 15 is 0 Å². The number of morpholine rings is 1. The molecule has 0 unspecified atom stereocenters. The maximum atomic E-state index is 10.5. The van der Waals surface area contributed by atoms with E-state index in [2.05, 4.69) is 39.0 Å². The molecule has 2 fully saturated rings. The zero-order chi connectivity index (χ0) is 19.9. The Morgan fingerprint density at radius 3 is 2.38 bits per heavy atom. The van der Waals surface area contributed by atoms with Crippen LogP contribution in [0.4, 0.5) is 5.82 Å². The third-order valence-corrected chi connectivity index (χ3v) is 5.67. The highest BCUT2D eigenvalue weighted by atomic mass is 16.5. The van der Waals surface area contributed by atoms with Crippen molar-refractivity contribution >= 4 is 12.1 Å². The van der Waals surface area contributed by atoms with Crippen molar-refractivity contribution < 1.29 is 14.3 Å². The van der Waals surface area contributed by atoms with Crippen LogP contribution in [0.2, 0.25) is 0 Å². The molecule has 6 nitrogen and oxygen atoms in total. The lowest BCUT2D eigenvalue weighted by Gasteiger charge is -2.31. The maximum absolute atomic E-state index is 10.5. The van der Waals surface area contributed by atoms with Gasteiger partial charge in [-0.3, -0.25) is 0 Å². The molecule has 0 amide bonds. The summed E-state index contributed by atoms with van der Waals surface area (Å²) in [6.07, 6.45) is 5.82. The molecular weight excluding hydrogens is 366 g/mol.